The molecule has 1 atom stereocenters. The summed E-state index contributed by atoms with van der Waals surface area (Å²) in [4.78, 5) is 30.6. The summed E-state index contributed by atoms with van der Waals surface area (Å²) in [5, 5.41) is 13.9. The van der Waals surface area contributed by atoms with Crippen LogP contribution in [0.25, 0.3) is 22.0 Å². The minimum absolute atomic E-state index is 0.0451. The van der Waals surface area contributed by atoms with E-state index in [9.17, 15) is 9.59 Å². The van der Waals surface area contributed by atoms with E-state index in [-0.39, 0.29) is 18.0 Å². The van der Waals surface area contributed by atoms with E-state index in [2.05, 4.69) is 25.8 Å². The van der Waals surface area contributed by atoms with Gasteiger partial charge in [-0.3, -0.25) is 9.89 Å². The maximum absolute atomic E-state index is 12.4. The summed E-state index contributed by atoms with van der Waals surface area (Å²) < 4.78 is 10.9. The Bertz CT molecular complexity index is 1220. The van der Waals surface area contributed by atoms with Gasteiger partial charge in [-0.1, -0.05) is 6.07 Å². The summed E-state index contributed by atoms with van der Waals surface area (Å²) >= 11 is 0. The van der Waals surface area contributed by atoms with Crippen LogP contribution in [0.15, 0.2) is 30.5 Å². The number of H-pyrrole nitrogens is 1. The van der Waals surface area contributed by atoms with Gasteiger partial charge in [0.15, 0.2) is 5.69 Å². The van der Waals surface area contributed by atoms with Crippen molar-refractivity contribution in [2.45, 2.75) is 38.8 Å². The Hall–Kier alpha value is -3.82. The molecule has 1 saturated heterocycles. The number of ether oxygens (including phenoxy) is 2. The summed E-state index contributed by atoms with van der Waals surface area (Å²) in [6.07, 6.45) is 2.22. The number of methoxy groups -OCH3 is 1. The molecule has 0 aliphatic carbocycles. The number of aromatic amines is 1. The number of benzene rings is 1. The van der Waals surface area contributed by atoms with Gasteiger partial charge in [0, 0.05) is 43.3 Å². The molecule has 180 valence electrons. The second-order valence-corrected chi connectivity index (χ2v) is 9.25. The van der Waals surface area contributed by atoms with Crippen molar-refractivity contribution in [3.63, 3.8) is 0 Å². The lowest BCUT2D eigenvalue weighted by atomic mass is 10.0. The number of hydrogen-bond acceptors (Lipinski definition) is 7. The molecule has 4 rings (SSSR count). The molecule has 2 aromatic heterocycles. The van der Waals surface area contributed by atoms with Crippen LogP contribution in [0.3, 0.4) is 0 Å². The number of nitrogens with zero attached hydrogens (tertiary/aromatic N) is 3. The van der Waals surface area contributed by atoms with Crippen LogP contribution in [0, 0.1) is 0 Å². The van der Waals surface area contributed by atoms with Gasteiger partial charge in [-0.25, -0.2) is 9.78 Å². The van der Waals surface area contributed by atoms with Gasteiger partial charge in [0.25, 0.3) is 5.91 Å². The van der Waals surface area contributed by atoms with Crippen LogP contribution in [0.2, 0.25) is 0 Å². The third kappa shape index (κ3) is 4.90. The molecule has 1 fully saturated rings. The average molecular weight is 467 g/mol. The Labute approximate surface area is 198 Å². The van der Waals surface area contributed by atoms with E-state index in [4.69, 9.17) is 9.47 Å². The fraction of sp³-hybridized carbons (Fsp3) is 0.417. The molecule has 2 amide bonds. The second kappa shape index (κ2) is 9.20. The van der Waals surface area contributed by atoms with Crippen LogP contribution in [-0.4, -0.2) is 71.0 Å². The number of amides is 2. The van der Waals surface area contributed by atoms with Crippen LogP contribution < -0.4 is 15.4 Å². The molecule has 0 radical (unpaired) electrons. The lowest BCUT2D eigenvalue weighted by Crippen LogP contribution is -2.36. The van der Waals surface area contributed by atoms with Crippen LogP contribution in [0.5, 0.6) is 5.88 Å². The van der Waals surface area contributed by atoms with E-state index in [1.165, 1.54) is 0 Å². The lowest BCUT2D eigenvalue weighted by molar-refractivity contribution is 0.0293. The van der Waals surface area contributed by atoms with Crippen molar-refractivity contribution in [1.82, 2.24) is 25.4 Å². The molecular weight excluding hydrogens is 436 g/mol. The fourth-order valence-electron chi connectivity index (χ4n) is 3.96. The van der Waals surface area contributed by atoms with Gasteiger partial charge >= 0.3 is 6.09 Å². The van der Waals surface area contributed by atoms with Gasteiger partial charge in [-0.05, 0) is 51.0 Å². The first-order valence-electron chi connectivity index (χ1n) is 11.2. The molecule has 1 aliphatic rings. The monoisotopic (exact) mass is 466 g/mol. The number of pyridine rings is 1. The molecule has 1 aliphatic heterocycles. The van der Waals surface area contributed by atoms with Crippen molar-refractivity contribution in [3.8, 4) is 17.0 Å². The zero-order valence-corrected chi connectivity index (χ0v) is 20.1. The number of anilines is 1. The summed E-state index contributed by atoms with van der Waals surface area (Å²) in [5.41, 5.74) is 3.12. The number of carbonyl (C=O) groups is 2. The van der Waals surface area contributed by atoms with Crippen LogP contribution in [0.1, 0.15) is 37.7 Å². The molecule has 3 N–H and O–H groups in total. The third-order valence-corrected chi connectivity index (χ3v) is 5.58. The average Bonchev–Trinajstić information content (AvgIpc) is 3.44. The topological polar surface area (TPSA) is 121 Å². The highest BCUT2D eigenvalue weighted by atomic mass is 16.6. The molecule has 10 nitrogen and oxygen atoms in total. The molecule has 0 unspecified atom stereocenters. The molecule has 3 aromatic rings. The van der Waals surface area contributed by atoms with Crippen molar-refractivity contribution in [1.29, 1.82) is 0 Å². The SMILES string of the molecule is CNC(=O)c1n[nH]c2cc(-c3cnc(OC)c(N[C@H]4CCN(C(=O)OC(C)(C)C)C4)c3)ccc12. The molecule has 34 heavy (non-hydrogen) atoms. The number of rotatable bonds is 5. The Kier molecular flexibility index (Phi) is 6.32. The van der Waals surface area contributed by atoms with Gasteiger partial charge in [-0.2, -0.15) is 5.10 Å². The summed E-state index contributed by atoms with van der Waals surface area (Å²) in [6, 6.07) is 7.74. The predicted octanol–water partition coefficient (Wildman–Crippen LogP) is 3.41. The zero-order valence-electron chi connectivity index (χ0n) is 20.1. The second-order valence-electron chi connectivity index (χ2n) is 9.25. The van der Waals surface area contributed by atoms with Gasteiger partial charge in [0.2, 0.25) is 5.88 Å². The van der Waals surface area contributed by atoms with E-state index in [1.807, 2.05) is 45.0 Å². The van der Waals surface area contributed by atoms with Crippen LogP contribution in [0.4, 0.5) is 10.5 Å². The number of fused-ring (bicyclic) bond motifs is 1. The minimum Gasteiger partial charge on any atom is -0.480 e. The highest BCUT2D eigenvalue weighted by molar-refractivity contribution is 6.05. The highest BCUT2D eigenvalue weighted by Crippen LogP contribution is 2.31. The first kappa shape index (κ1) is 23.3. The van der Waals surface area contributed by atoms with Crippen LogP contribution >= 0.6 is 0 Å². The standard InChI is InChI=1S/C24H30N6O4/c1-24(2,3)34-23(32)30-9-8-16(13-30)27-19-11-15(12-26-22(19)33-5)14-6-7-17-18(10-14)28-29-20(17)21(31)25-4/h6-7,10-12,16,27H,8-9,13H2,1-5H3,(H,25,31)(H,28,29)/t16-/m0/s1. The smallest absolute Gasteiger partial charge is 0.410 e. The first-order valence-corrected chi connectivity index (χ1v) is 11.2. The Morgan fingerprint density at radius 1 is 1.21 bits per heavy atom. The predicted molar refractivity (Wildman–Crippen MR) is 129 cm³/mol. The first-order chi connectivity index (χ1) is 16.2. The molecular formula is C24H30N6O4. The quantitative estimate of drug-likeness (QED) is 0.527. The fourth-order valence-corrected chi connectivity index (χ4v) is 3.96. The van der Waals surface area contributed by atoms with Crippen molar-refractivity contribution < 1.29 is 19.1 Å². The number of carbonyl (C=O) groups excluding carboxylic acids is 2. The van der Waals surface area contributed by atoms with E-state index in [1.54, 1.807) is 25.3 Å². The lowest BCUT2D eigenvalue weighted by Gasteiger charge is -2.24. The van der Waals surface area contributed by atoms with Crippen LogP contribution in [-0.2, 0) is 4.74 Å². The van der Waals surface area contributed by atoms with Gasteiger partial charge in [0.05, 0.1) is 18.3 Å². The minimum atomic E-state index is -0.527. The van der Waals surface area contributed by atoms with Gasteiger partial charge < -0.3 is 25.0 Å². The zero-order chi connectivity index (χ0) is 24.5. The highest BCUT2D eigenvalue weighted by Gasteiger charge is 2.30. The maximum atomic E-state index is 12.4. The van der Waals surface area contributed by atoms with E-state index in [0.29, 0.717) is 24.7 Å². The van der Waals surface area contributed by atoms with Crippen molar-refractivity contribution in [2.24, 2.45) is 0 Å². The number of hydrogen-bond donors (Lipinski definition) is 3. The maximum Gasteiger partial charge on any atom is 0.410 e. The number of likely N-dealkylation sites (tertiary alicyclic amines) is 1. The summed E-state index contributed by atoms with van der Waals surface area (Å²) in [7, 11) is 3.15. The molecule has 3 heterocycles. The Balaban J connectivity index is 1.54. The molecule has 0 spiro atoms. The van der Waals surface area contributed by atoms with Gasteiger partial charge in [-0.15, -0.1) is 0 Å². The van der Waals surface area contributed by atoms with Crippen molar-refractivity contribution in [2.75, 3.05) is 32.6 Å². The number of aromatic nitrogens is 3. The molecule has 0 bridgehead atoms. The van der Waals surface area contributed by atoms with E-state index < -0.39 is 5.60 Å². The van der Waals surface area contributed by atoms with E-state index >= 15 is 0 Å². The number of nitrogens with one attached hydrogen (secondary N) is 3. The normalized spacial score (nSPS) is 15.9. The van der Waals surface area contributed by atoms with Gasteiger partial charge in [0.1, 0.15) is 5.60 Å². The summed E-state index contributed by atoms with van der Waals surface area (Å²) in [5.74, 6) is 0.234. The van der Waals surface area contributed by atoms with Crippen molar-refractivity contribution in [3.05, 3.63) is 36.2 Å². The largest absolute Gasteiger partial charge is 0.480 e. The molecule has 1 aromatic carbocycles. The third-order valence-electron chi connectivity index (χ3n) is 5.58. The Morgan fingerprint density at radius 3 is 2.71 bits per heavy atom. The summed E-state index contributed by atoms with van der Waals surface area (Å²) in [6.45, 7) is 6.73. The van der Waals surface area contributed by atoms with Crippen molar-refractivity contribution >= 4 is 28.6 Å². The Morgan fingerprint density at radius 2 is 2.00 bits per heavy atom. The van der Waals surface area contributed by atoms with E-state index in [0.717, 1.165) is 34.1 Å². The molecule has 10 heteroatoms. The molecule has 0 saturated carbocycles.